The molecule has 1 unspecified atom stereocenters. The van der Waals surface area contributed by atoms with Gasteiger partial charge in [0.1, 0.15) is 6.20 Å². The Bertz CT molecular complexity index is 815. The summed E-state index contributed by atoms with van der Waals surface area (Å²) in [4.78, 5) is 1.05. The first-order valence-electron chi connectivity index (χ1n) is 5.70. The molecule has 0 radical (unpaired) electrons. The lowest BCUT2D eigenvalue weighted by molar-refractivity contribution is 1.09. The van der Waals surface area contributed by atoms with Crippen LogP contribution in [0.3, 0.4) is 0 Å². The van der Waals surface area contributed by atoms with E-state index in [1.54, 1.807) is 12.4 Å². The number of rotatable bonds is 2. The number of H-pyrrole nitrogens is 2. The molecule has 2 N–H and O–H groups in total. The summed E-state index contributed by atoms with van der Waals surface area (Å²) in [6.07, 6.45) is 7.31. The number of nitrogens with one attached hydrogen (secondary N) is 2. The predicted molar refractivity (Wildman–Crippen MR) is 73.1 cm³/mol. The van der Waals surface area contributed by atoms with Gasteiger partial charge in [-0.25, -0.2) is 0 Å². The van der Waals surface area contributed by atoms with E-state index < -0.39 is 0 Å². The maximum Gasteiger partial charge on any atom is 0.243 e. The molecule has 0 aliphatic heterocycles. The Morgan fingerprint density at radius 2 is 1.89 bits per heavy atom. The van der Waals surface area contributed by atoms with Crippen molar-refractivity contribution in [3.05, 3.63) is 43.0 Å². The lowest BCUT2D eigenvalue weighted by atomic mass is 10.1. The standard InChI is InChI=1S/C12H9N6S/c1-2-10(8-4-13-14-5-8)12-11(3-1)19(18-17-12)9-6-15-16-7-9/h1-7H,(H,13,14)(H,15,16)/q+1. The molecule has 0 saturated carbocycles. The van der Waals surface area contributed by atoms with Crippen LogP contribution in [-0.4, -0.2) is 30.0 Å². The van der Waals surface area contributed by atoms with Crippen LogP contribution in [0.15, 0.2) is 43.0 Å². The number of hydrogen-bond acceptors (Lipinski definition) is 4. The van der Waals surface area contributed by atoms with E-state index in [0.29, 0.717) is 0 Å². The zero-order valence-corrected chi connectivity index (χ0v) is 10.6. The molecule has 19 heavy (non-hydrogen) atoms. The van der Waals surface area contributed by atoms with E-state index in [-0.39, 0.29) is 10.7 Å². The second-order valence-corrected chi connectivity index (χ2v) is 5.68. The summed E-state index contributed by atoms with van der Waals surface area (Å²) >= 11 is 0. The van der Waals surface area contributed by atoms with Crippen molar-refractivity contribution in [1.82, 2.24) is 30.0 Å². The molecular weight excluding hydrogens is 260 g/mol. The van der Waals surface area contributed by atoms with E-state index >= 15 is 0 Å². The van der Waals surface area contributed by atoms with Crippen LogP contribution in [0.25, 0.3) is 26.2 Å². The van der Waals surface area contributed by atoms with Crippen molar-refractivity contribution < 1.29 is 0 Å². The Labute approximate surface area is 110 Å². The van der Waals surface area contributed by atoms with Crippen molar-refractivity contribution in [2.75, 3.05) is 0 Å². The summed E-state index contributed by atoms with van der Waals surface area (Å²) in [5, 5.41) is 17.9. The van der Waals surface area contributed by atoms with Crippen LogP contribution in [0.1, 0.15) is 0 Å². The molecule has 4 aromatic rings. The normalized spacial score (nSPS) is 12.1. The van der Waals surface area contributed by atoms with Crippen LogP contribution < -0.4 is 0 Å². The molecule has 0 aliphatic rings. The summed E-state index contributed by atoms with van der Waals surface area (Å²) in [5.41, 5.74) is 3.00. The first-order chi connectivity index (χ1) is 9.43. The van der Waals surface area contributed by atoms with Gasteiger partial charge in [-0.3, -0.25) is 10.2 Å². The summed E-state index contributed by atoms with van der Waals surface area (Å²) < 4.78 is 5.50. The maximum absolute atomic E-state index is 4.38. The van der Waals surface area contributed by atoms with Crippen LogP contribution in [0.5, 0.6) is 0 Å². The summed E-state index contributed by atoms with van der Waals surface area (Å²) in [6.45, 7) is 0. The minimum absolute atomic E-state index is 0.372. The Kier molecular flexibility index (Phi) is 2.18. The number of aromatic amines is 2. The lowest BCUT2D eigenvalue weighted by Gasteiger charge is -1.94. The molecule has 4 rings (SSSR count). The Morgan fingerprint density at radius 1 is 1.00 bits per heavy atom. The quantitative estimate of drug-likeness (QED) is 0.548. The van der Waals surface area contributed by atoms with Crippen LogP contribution in [0.4, 0.5) is 0 Å². The third-order valence-electron chi connectivity index (χ3n) is 2.94. The zero-order chi connectivity index (χ0) is 12.7. The molecule has 0 fully saturated rings. The number of benzene rings is 1. The average molecular weight is 269 g/mol. The second kappa shape index (κ2) is 3.99. The highest BCUT2D eigenvalue weighted by Crippen LogP contribution is 2.38. The van der Waals surface area contributed by atoms with Gasteiger partial charge in [-0.15, -0.1) is 0 Å². The van der Waals surface area contributed by atoms with Crippen molar-refractivity contribution in [1.29, 1.82) is 0 Å². The highest BCUT2D eigenvalue weighted by molar-refractivity contribution is 7.40. The molecule has 0 saturated heterocycles. The van der Waals surface area contributed by atoms with Gasteiger partial charge in [0, 0.05) is 23.4 Å². The molecule has 3 heterocycles. The van der Waals surface area contributed by atoms with Gasteiger partial charge < -0.3 is 0 Å². The Hall–Kier alpha value is -2.54. The van der Waals surface area contributed by atoms with Gasteiger partial charge in [-0.1, -0.05) is 17.2 Å². The van der Waals surface area contributed by atoms with Gasteiger partial charge >= 0.3 is 0 Å². The van der Waals surface area contributed by atoms with E-state index in [0.717, 1.165) is 26.2 Å². The summed E-state index contributed by atoms with van der Waals surface area (Å²) in [7, 11) is -0.372. The molecule has 0 aliphatic carbocycles. The van der Waals surface area contributed by atoms with Gasteiger partial charge in [0.05, 0.1) is 16.9 Å². The molecule has 92 valence electrons. The lowest BCUT2D eigenvalue weighted by Crippen LogP contribution is -1.77. The van der Waals surface area contributed by atoms with E-state index in [2.05, 4.69) is 36.0 Å². The van der Waals surface area contributed by atoms with Gasteiger partial charge in [-0.05, 0) is 0 Å². The fraction of sp³-hybridized carbons (Fsp3) is 0. The van der Waals surface area contributed by atoms with Crippen LogP contribution >= 0.6 is 10.7 Å². The Balaban J connectivity index is 2.00. The molecule has 1 atom stereocenters. The Morgan fingerprint density at radius 3 is 2.68 bits per heavy atom. The van der Waals surface area contributed by atoms with E-state index in [4.69, 9.17) is 0 Å². The van der Waals surface area contributed by atoms with Crippen molar-refractivity contribution in [3.8, 4) is 16.0 Å². The minimum atomic E-state index is -0.372. The maximum atomic E-state index is 4.38. The van der Waals surface area contributed by atoms with Crippen LogP contribution in [-0.2, 0) is 0 Å². The van der Waals surface area contributed by atoms with Gasteiger partial charge in [0.25, 0.3) is 0 Å². The van der Waals surface area contributed by atoms with E-state index in [1.165, 1.54) is 0 Å². The van der Waals surface area contributed by atoms with Crippen molar-refractivity contribution in [3.63, 3.8) is 0 Å². The molecule has 3 aromatic heterocycles. The summed E-state index contributed by atoms with van der Waals surface area (Å²) in [6, 6.07) is 6.12. The zero-order valence-electron chi connectivity index (χ0n) is 9.74. The fourth-order valence-electron chi connectivity index (χ4n) is 2.06. The van der Waals surface area contributed by atoms with Crippen LogP contribution in [0.2, 0.25) is 0 Å². The van der Waals surface area contributed by atoms with Crippen molar-refractivity contribution in [2.45, 2.75) is 0 Å². The topological polar surface area (TPSA) is 83.1 Å². The van der Waals surface area contributed by atoms with Gasteiger partial charge in [0.15, 0.2) is 16.2 Å². The second-order valence-electron chi connectivity index (χ2n) is 4.04. The third kappa shape index (κ3) is 1.55. The predicted octanol–water partition coefficient (Wildman–Crippen LogP) is 2.48. The monoisotopic (exact) mass is 269 g/mol. The SMILES string of the molecule is c1cc(-c2cn[nH]c2)c2nn[s+](-c3cn[nH]c3)c2c1. The number of nitrogens with zero attached hydrogens (tertiary/aromatic N) is 4. The van der Waals surface area contributed by atoms with E-state index in [9.17, 15) is 0 Å². The first-order valence-corrected chi connectivity index (χ1v) is 6.89. The van der Waals surface area contributed by atoms with Crippen LogP contribution in [0, 0.1) is 0 Å². The molecular formula is C12H9N6S+. The number of fused-ring (bicyclic) bond motifs is 1. The summed E-state index contributed by atoms with van der Waals surface area (Å²) in [5.74, 6) is 0. The highest BCUT2D eigenvalue weighted by atomic mass is 32.2. The van der Waals surface area contributed by atoms with Gasteiger partial charge in [-0.2, -0.15) is 10.2 Å². The third-order valence-corrected chi connectivity index (χ3v) is 4.60. The minimum Gasteiger partial charge on any atom is -0.285 e. The molecule has 0 bridgehead atoms. The largest absolute Gasteiger partial charge is 0.285 e. The molecule has 6 nitrogen and oxygen atoms in total. The molecule has 0 amide bonds. The smallest absolute Gasteiger partial charge is 0.243 e. The molecule has 1 aromatic carbocycles. The molecule has 7 heteroatoms. The first kappa shape index (κ1) is 10.4. The average Bonchev–Trinajstić information content (AvgIpc) is 3.18. The number of aromatic nitrogens is 6. The molecule has 0 spiro atoms. The number of hydrogen-bond donors (Lipinski definition) is 2. The van der Waals surface area contributed by atoms with Crippen molar-refractivity contribution >= 4 is 20.9 Å². The highest BCUT2D eigenvalue weighted by Gasteiger charge is 2.23. The van der Waals surface area contributed by atoms with E-state index in [1.807, 2.05) is 24.5 Å². The van der Waals surface area contributed by atoms with Gasteiger partial charge in [0.2, 0.25) is 9.60 Å². The fourth-order valence-corrected chi connectivity index (χ4v) is 3.51. The van der Waals surface area contributed by atoms with Crippen molar-refractivity contribution in [2.24, 2.45) is 0 Å².